The first-order valence-corrected chi connectivity index (χ1v) is 10.9. The lowest BCUT2D eigenvalue weighted by atomic mass is 9.79. The minimum Gasteiger partial charge on any atom is -0.504 e. The molecule has 3 fully saturated rings. The number of aromatic hydroxyl groups is 4. The van der Waals surface area contributed by atoms with Gasteiger partial charge in [0.2, 0.25) is 0 Å². The van der Waals surface area contributed by atoms with Gasteiger partial charge in [0, 0.05) is 0 Å². The van der Waals surface area contributed by atoms with Crippen molar-refractivity contribution in [3.63, 3.8) is 0 Å². The molecule has 2 aromatic rings. The lowest BCUT2D eigenvalue weighted by molar-refractivity contribution is -0.418. The Hall–Kier alpha value is -2.64. The van der Waals surface area contributed by atoms with Gasteiger partial charge in [0.25, 0.3) is 0 Å². The standard InChI is InChI=1S/C23H26O11/c24-9-17-18(29)19(30)20-22(32-17)31-16-5-6-23(34-21(16)33-20,10-1-3-12(25)14(27)7-10)11-2-4-13(26)15(28)8-11/h1-4,7-8,16-22,24-30H,5-6,9H2/t16-,17+,18+,19-,20+,21-,22+/m0/s1. The number of phenolic OH excluding ortho intramolecular Hbond substituents is 4. The van der Waals surface area contributed by atoms with Gasteiger partial charge in [-0.25, -0.2) is 0 Å². The number of aliphatic hydroxyl groups is 3. The van der Waals surface area contributed by atoms with Crippen molar-refractivity contribution in [2.24, 2.45) is 0 Å². The maximum atomic E-state index is 10.5. The van der Waals surface area contributed by atoms with Gasteiger partial charge in [-0.05, 0) is 48.2 Å². The Kier molecular flexibility index (Phi) is 5.81. The number of ether oxygens (including phenoxy) is 4. The quantitative estimate of drug-likeness (QED) is 0.298. The maximum absolute atomic E-state index is 10.5. The van der Waals surface area contributed by atoms with E-state index in [4.69, 9.17) is 18.9 Å². The lowest BCUT2D eigenvalue weighted by Gasteiger charge is -2.53. The Morgan fingerprint density at radius 1 is 0.765 bits per heavy atom. The van der Waals surface area contributed by atoms with Gasteiger partial charge in [0.05, 0.1) is 6.61 Å². The molecular formula is C23H26O11. The van der Waals surface area contributed by atoms with Crippen LogP contribution < -0.4 is 0 Å². The second kappa shape index (κ2) is 8.54. The van der Waals surface area contributed by atoms with Crippen molar-refractivity contribution >= 4 is 0 Å². The molecule has 0 saturated carbocycles. The number of benzene rings is 2. The van der Waals surface area contributed by atoms with Gasteiger partial charge in [-0.2, -0.15) is 0 Å². The van der Waals surface area contributed by atoms with Crippen LogP contribution in [0.2, 0.25) is 0 Å². The van der Waals surface area contributed by atoms with Gasteiger partial charge in [-0.15, -0.1) is 0 Å². The molecule has 3 heterocycles. The summed E-state index contributed by atoms with van der Waals surface area (Å²) in [5.41, 5.74) is -0.406. The van der Waals surface area contributed by atoms with Crippen LogP contribution in [0.25, 0.3) is 0 Å². The number of hydrogen-bond donors (Lipinski definition) is 7. The fourth-order valence-electron chi connectivity index (χ4n) is 4.84. The number of fused-ring (bicyclic) bond motifs is 2. The molecule has 0 aliphatic carbocycles. The van der Waals surface area contributed by atoms with E-state index in [0.29, 0.717) is 17.5 Å². The molecule has 0 amide bonds. The van der Waals surface area contributed by atoms with E-state index < -0.39 is 55.3 Å². The van der Waals surface area contributed by atoms with Crippen LogP contribution in [0.5, 0.6) is 23.0 Å². The highest BCUT2D eigenvalue weighted by Gasteiger charge is 2.55. The first-order chi connectivity index (χ1) is 16.2. The average Bonchev–Trinajstić information content (AvgIpc) is 2.83. The van der Waals surface area contributed by atoms with Gasteiger partial charge in [0.15, 0.2) is 35.6 Å². The lowest BCUT2D eigenvalue weighted by Crippen LogP contribution is -2.66. The second-order valence-electron chi connectivity index (χ2n) is 8.74. The van der Waals surface area contributed by atoms with Crippen molar-refractivity contribution in [2.45, 2.75) is 61.5 Å². The van der Waals surface area contributed by atoms with E-state index in [-0.39, 0.29) is 29.4 Å². The van der Waals surface area contributed by atoms with Crippen LogP contribution in [-0.4, -0.2) is 85.5 Å². The van der Waals surface area contributed by atoms with Gasteiger partial charge < -0.3 is 54.7 Å². The van der Waals surface area contributed by atoms with E-state index >= 15 is 0 Å². The molecule has 0 bridgehead atoms. The first kappa shape index (κ1) is 23.1. The van der Waals surface area contributed by atoms with Crippen molar-refractivity contribution in [3.8, 4) is 23.0 Å². The average molecular weight is 478 g/mol. The first-order valence-electron chi connectivity index (χ1n) is 10.9. The molecule has 0 unspecified atom stereocenters. The van der Waals surface area contributed by atoms with Crippen molar-refractivity contribution < 1.29 is 54.7 Å². The van der Waals surface area contributed by atoms with Gasteiger partial charge in [-0.3, -0.25) is 0 Å². The summed E-state index contributed by atoms with van der Waals surface area (Å²) < 4.78 is 23.9. The summed E-state index contributed by atoms with van der Waals surface area (Å²) in [5.74, 6) is -1.39. The van der Waals surface area contributed by atoms with E-state index in [1.807, 2.05) is 0 Å². The van der Waals surface area contributed by atoms with Gasteiger partial charge >= 0.3 is 0 Å². The summed E-state index contributed by atoms with van der Waals surface area (Å²) in [6.07, 6.45) is -6.97. The molecule has 11 nitrogen and oxygen atoms in total. The predicted octanol–water partition coefficient (Wildman–Crippen LogP) is 0.112. The molecule has 3 saturated heterocycles. The third-order valence-electron chi connectivity index (χ3n) is 6.71. The Balaban J connectivity index is 1.51. The van der Waals surface area contributed by atoms with E-state index in [2.05, 4.69) is 0 Å². The van der Waals surface area contributed by atoms with Gasteiger partial charge in [0.1, 0.15) is 36.1 Å². The van der Waals surface area contributed by atoms with E-state index in [9.17, 15) is 35.7 Å². The third-order valence-corrected chi connectivity index (χ3v) is 6.71. The Labute approximate surface area is 193 Å². The molecular weight excluding hydrogens is 452 g/mol. The number of aliphatic hydroxyl groups excluding tert-OH is 3. The summed E-state index contributed by atoms with van der Waals surface area (Å²) >= 11 is 0. The van der Waals surface area contributed by atoms with Crippen LogP contribution in [0.4, 0.5) is 0 Å². The zero-order valence-electron chi connectivity index (χ0n) is 17.9. The number of phenols is 4. The molecule has 3 aliphatic rings. The summed E-state index contributed by atoms with van der Waals surface area (Å²) in [4.78, 5) is 0. The highest BCUT2D eigenvalue weighted by Crippen LogP contribution is 2.49. The molecule has 7 N–H and O–H groups in total. The Bertz CT molecular complexity index is 1010. The zero-order chi connectivity index (χ0) is 24.2. The van der Waals surface area contributed by atoms with Crippen LogP contribution in [-0.2, 0) is 24.5 Å². The Morgan fingerprint density at radius 3 is 1.94 bits per heavy atom. The largest absolute Gasteiger partial charge is 0.504 e. The maximum Gasteiger partial charge on any atom is 0.187 e. The van der Waals surface area contributed by atoms with Crippen molar-refractivity contribution in [1.29, 1.82) is 0 Å². The van der Waals surface area contributed by atoms with Crippen LogP contribution in [0.15, 0.2) is 36.4 Å². The highest BCUT2D eigenvalue weighted by atomic mass is 16.8. The predicted molar refractivity (Wildman–Crippen MR) is 112 cm³/mol. The summed E-state index contributed by atoms with van der Waals surface area (Å²) in [6, 6.07) is 8.39. The molecule has 0 radical (unpaired) electrons. The van der Waals surface area contributed by atoms with E-state index in [0.717, 1.165) is 0 Å². The highest BCUT2D eigenvalue weighted by molar-refractivity contribution is 5.50. The second-order valence-corrected chi connectivity index (χ2v) is 8.74. The van der Waals surface area contributed by atoms with Crippen LogP contribution >= 0.6 is 0 Å². The van der Waals surface area contributed by atoms with E-state index in [1.54, 1.807) is 12.1 Å². The zero-order valence-corrected chi connectivity index (χ0v) is 17.9. The number of rotatable bonds is 3. The molecule has 184 valence electrons. The summed E-state index contributed by atoms with van der Waals surface area (Å²) in [7, 11) is 0. The van der Waals surface area contributed by atoms with Gasteiger partial charge in [-0.1, -0.05) is 12.1 Å². The van der Waals surface area contributed by atoms with Crippen LogP contribution in [0, 0.1) is 0 Å². The smallest absolute Gasteiger partial charge is 0.187 e. The van der Waals surface area contributed by atoms with Crippen LogP contribution in [0.1, 0.15) is 24.0 Å². The minimum atomic E-state index is -1.41. The third kappa shape index (κ3) is 3.66. The molecule has 5 rings (SSSR count). The minimum absolute atomic E-state index is 0.290. The Morgan fingerprint density at radius 2 is 1.38 bits per heavy atom. The molecule has 2 aromatic carbocycles. The normalized spacial score (nSPS) is 34.7. The molecule has 0 aromatic heterocycles. The fourth-order valence-corrected chi connectivity index (χ4v) is 4.84. The molecule has 7 atom stereocenters. The monoisotopic (exact) mass is 478 g/mol. The molecule has 11 heteroatoms. The van der Waals surface area contributed by atoms with Crippen LogP contribution in [0.3, 0.4) is 0 Å². The van der Waals surface area contributed by atoms with Crippen molar-refractivity contribution in [3.05, 3.63) is 47.5 Å². The SMILES string of the molecule is OC[C@H]1O[C@H]2O[C@H]3CCC(c4ccc(O)c(O)c4)(c4ccc(O)c(O)c4)O[C@@H]3O[C@@H]2[C@@H](O)[C@@H]1O. The van der Waals surface area contributed by atoms with Crippen molar-refractivity contribution in [2.75, 3.05) is 6.61 Å². The topological polar surface area (TPSA) is 179 Å². The molecule has 34 heavy (non-hydrogen) atoms. The van der Waals surface area contributed by atoms with E-state index in [1.165, 1.54) is 24.3 Å². The molecule has 3 aliphatic heterocycles. The number of hydrogen-bond acceptors (Lipinski definition) is 11. The summed E-state index contributed by atoms with van der Waals surface area (Å²) in [6.45, 7) is -0.507. The summed E-state index contributed by atoms with van der Waals surface area (Å²) in [5, 5.41) is 70.1. The molecule has 0 spiro atoms. The van der Waals surface area contributed by atoms with Crippen molar-refractivity contribution in [1.82, 2.24) is 0 Å². The fraction of sp³-hybridized carbons (Fsp3) is 0.478.